The molecule has 0 heterocycles. The molecule has 0 bridgehead atoms. The van der Waals surface area contributed by atoms with Gasteiger partial charge in [0.2, 0.25) is 0 Å². The third kappa shape index (κ3) is 4.49. The summed E-state index contributed by atoms with van der Waals surface area (Å²) in [4.78, 5) is 13.1. The monoisotopic (exact) mass is 408 g/mol. The Morgan fingerprint density at radius 1 is 0.833 bits per heavy atom. The van der Waals surface area contributed by atoms with Crippen LogP contribution in [0.4, 0.5) is 0 Å². The first kappa shape index (κ1) is 21.0. The average Bonchev–Trinajstić information content (AvgIpc) is 2.74. The maximum Gasteiger partial charge on any atom is 0.314 e. The van der Waals surface area contributed by atoms with Crippen LogP contribution in [0.25, 0.3) is 0 Å². The van der Waals surface area contributed by atoms with E-state index in [0.717, 1.165) is 11.1 Å². The van der Waals surface area contributed by atoms with Gasteiger partial charge >= 0.3 is 5.97 Å². The normalized spacial score (nSPS) is 11.8. The number of ether oxygens (including phenoxy) is 2. The van der Waals surface area contributed by atoms with Crippen LogP contribution in [0.3, 0.4) is 0 Å². The lowest BCUT2D eigenvalue weighted by Crippen LogP contribution is -2.24. The minimum Gasteiger partial charge on any atom is -0.508 e. The van der Waals surface area contributed by atoms with Crippen molar-refractivity contribution < 1.29 is 29.6 Å². The van der Waals surface area contributed by atoms with E-state index in [-0.39, 0.29) is 29.6 Å². The van der Waals surface area contributed by atoms with E-state index in [0.29, 0.717) is 5.56 Å². The predicted octanol–water partition coefficient (Wildman–Crippen LogP) is 4.29. The Morgan fingerprint density at radius 2 is 1.33 bits per heavy atom. The number of phenolic OH excluding ortho intramolecular Hbond substituents is 3. The highest BCUT2D eigenvalue weighted by Gasteiger charge is 2.34. The number of methoxy groups -OCH3 is 1. The largest absolute Gasteiger partial charge is 0.508 e. The molecule has 6 nitrogen and oxygen atoms in total. The van der Waals surface area contributed by atoms with E-state index in [4.69, 9.17) is 9.47 Å². The third-order valence-electron chi connectivity index (χ3n) is 4.94. The number of benzene rings is 3. The molecule has 0 fully saturated rings. The van der Waals surface area contributed by atoms with Crippen molar-refractivity contribution in [1.82, 2.24) is 0 Å². The zero-order chi connectivity index (χ0) is 21.7. The van der Waals surface area contributed by atoms with Gasteiger partial charge in [-0.2, -0.15) is 0 Å². The zero-order valence-electron chi connectivity index (χ0n) is 16.8. The molecule has 1 unspecified atom stereocenters. The maximum absolute atomic E-state index is 13.1. The SMILES string of the molecule is CCOC(=O)C(c1ccc(O)c(OC)c1)C(c1ccc(O)cc1)c1ccc(O)cc1. The van der Waals surface area contributed by atoms with Crippen molar-refractivity contribution in [2.45, 2.75) is 18.8 Å². The number of carbonyl (C=O) groups excluding carboxylic acids is 1. The number of esters is 1. The Labute approximate surface area is 175 Å². The van der Waals surface area contributed by atoms with Crippen LogP contribution < -0.4 is 4.74 Å². The summed E-state index contributed by atoms with van der Waals surface area (Å²) in [7, 11) is 1.44. The Balaban J connectivity index is 2.21. The molecule has 0 aliphatic rings. The molecule has 3 rings (SSSR count). The Hall–Kier alpha value is -3.67. The zero-order valence-corrected chi connectivity index (χ0v) is 16.8. The standard InChI is InChI=1S/C24H24O6/c1-3-30-24(28)23(17-8-13-20(27)21(14-17)29-2)22(15-4-9-18(25)10-5-15)16-6-11-19(26)12-7-16/h4-14,22-23,25-27H,3H2,1-2H3. The summed E-state index contributed by atoms with van der Waals surface area (Å²) in [5, 5.41) is 29.4. The fourth-order valence-corrected chi connectivity index (χ4v) is 3.52. The van der Waals surface area contributed by atoms with Gasteiger partial charge in [-0.05, 0) is 60.0 Å². The second-order valence-electron chi connectivity index (χ2n) is 6.82. The van der Waals surface area contributed by atoms with E-state index >= 15 is 0 Å². The number of aromatic hydroxyl groups is 3. The van der Waals surface area contributed by atoms with Gasteiger partial charge in [0.15, 0.2) is 11.5 Å². The molecule has 156 valence electrons. The van der Waals surface area contributed by atoms with E-state index in [1.165, 1.54) is 13.2 Å². The second kappa shape index (κ2) is 9.22. The minimum atomic E-state index is -0.756. The molecule has 0 amide bonds. The molecular weight excluding hydrogens is 384 g/mol. The Morgan fingerprint density at radius 3 is 1.80 bits per heavy atom. The Kier molecular flexibility index (Phi) is 6.47. The van der Waals surface area contributed by atoms with Crippen LogP contribution in [0.15, 0.2) is 66.7 Å². The first-order valence-corrected chi connectivity index (χ1v) is 9.56. The van der Waals surface area contributed by atoms with Crippen molar-refractivity contribution in [3.8, 4) is 23.0 Å². The van der Waals surface area contributed by atoms with Crippen molar-refractivity contribution in [3.63, 3.8) is 0 Å². The van der Waals surface area contributed by atoms with E-state index in [9.17, 15) is 20.1 Å². The number of hydrogen-bond acceptors (Lipinski definition) is 6. The van der Waals surface area contributed by atoms with Gasteiger partial charge in [-0.1, -0.05) is 30.3 Å². The molecule has 0 aromatic heterocycles. The lowest BCUT2D eigenvalue weighted by atomic mass is 9.77. The lowest BCUT2D eigenvalue weighted by Gasteiger charge is -2.27. The first-order chi connectivity index (χ1) is 14.4. The Bertz CT molecular complexity index is 950. The minimum absolute atomic E-state index is 0.0327. The van der Waals surface area contributed by atoms with E-state index in [1.807, 2.05) is 0 Å². The average molecular weight is 408 g/mol. The molecule has 0 aliphatic heterocycles. The van der Waals surface area contributed by atoms with Crippen molar-refractivity contribution in [2.75, 3.05) is 13.7 Å². The summed E-state index contributed by atoms with van der Waals surface area (Å²) in [6.07, 6.45) is 0. The summed E-state index contributed by atoms with van der Waals surface area (Å²) in [6, 6.07) is 18.0. The van der Waals surface area contributed by atoms with Crippen molar-refractivity contribution in [1.29, 1.82) is 0 Å². The molecule has 0 aliphatic carbocycles. The van der Waals surface area contributed by atoms with Gasteiger partial charge < -0.3 is 24.8 Å². The third-order valence-corrected chi connectivity index (χ3v) is 4.94. The van der Waals surface area contributed by atoms with Crippen LogP contribution in [0, 0.1) is 0 Å². The summed E-state index contributed by atoms with van der Waals surface area (Å²) >= 11 is 0. The maximum atomic E-state index is 13.1. The van der Waals surface area contributed by atoms with Crippen molar-refractivity contribution >= 4 is 5.97 Å². The fourth-order valence-electron chi connectivity index (χ4n) is 3.52. The smallest absolute Gasteiger partial charge is 0.314 e. The molecule has 3 aromatic rings. The lowest BCUT2D eigenvalue weighted by molar-refractivity contribution is -0.145. The number of hydrogen-bond donors (Lipinski definition) is 3. The van der Waals surface area contributed by atoms with Crippen LogP contribution in [0.1, 0.15) is 35.4 Å². The molecule has 0 spiro atoms. The highest BCUT2D eigenvalue weighted by molar-refractivity contribution is 5.81. The highest BCUT2D eigenvalue weighted by Crippen LogP contribution is 2.42. The van der Waals surface area contributed by atoms with Crippen LogP contribution in [-0.2, 0) is 9.53 Å². The quantitative estimate of drug-likeness (QED) is 0.505. The molecule has 6 heteroatoms. The molecule has 0 saturated carbocycles. The molecule has 0 radical (unpaired) electrons. The van der Waals surface area contributed by atoms with Gasteiger partial charge in [-0.3, -0.25) is 4.79 Å². The molecule has 30 heavy (non-hydrogen) atoms. The van der Waals surface area contributed by atoms with E-state index in [2.05, 4.69) is 0 Å². The summed E-state index contributed by atoms with van der Waals surface area (Å²) in [5.74, 6) is -1.22. The van der Waals surface area contributed by atoms with Gasteiger partial charge in [-0.15, -0.1) is 0 Å². The van der Waals surface area contributed by atoms with E-state index in [1.54, 1.807) is 67.6 Å². The van der Waals surface area contributed by atoms with Crippen LogP contribution in [0.2, 0.25) is 0 Å². The molecule has 1 atom stereocenters. The van der Waals surface area contributed by atoms with Gasteiger partial charge in [0.25, 0.3) is 0 Å². The van der Waals surface area contributed by atoms with Crippen molar-refractivity contribution in [3.05, 3.63) is 83.4 Å². The number of carbonyl (C=O) groups is 1. The first-order valence-electron chi connectivity index (χ1n) is 9.56. The van der Waals surface area contributed by atoms with Gasteiger partial charge in [0.05, 0.1) is 19.6 Å². The van der Waals surface area contributed by atoms with Gasteiger partial charge in [0, 0.05) is 5.92 Å². The molecule has 3 aromatic carbocycles. The van der Waals surface area contributed by atoms with Gasteiger partial charge in [0.1, 0.15) is 11.5 Å². The summed E-state index contributed by atoms with van der Waals surface area (Å²) in [5.41, 5.74) is 2.17. The number of phenols is 3. The van der Waals surface area contributed by atoms with E-state index < -0.39 is 17.8 Å². The molecule has 3 N–H and O–H groups in total. The second-order valence-corrected chi connectivity index (χ2v) is 6.82. The highest BCUT2D eigenvalue weighted by atomic mass is 16.5. The van der Waals surface area contributed by atoms with Crippen LogP contribution in [0.5, 0.6) is 23.0 Å². The summed E-state index contributed by atoms with van der Waals surface area (Å²) < 4.78 is 10.6. The molecule has 0 saturated heterocycles. The van der Waals surface area contributed by atoms with Crippen molar-refractivity contribution in [2.24, 2.45) is 0 Å². The fraction of sp³-hybridized carbons (Fsp3) is 0.208. The van der Waals surface area contributed by atoms with Crippen LogP contribution >= 0.6 is 0 Å². The predicted molar refractivity (Wildman–Crippen MR) is 112 cm³/mol. The molecular formula is C24H24O6. The van der Waals surface area contributed by atoms with Crippen LogP contribution in [-0.4, -0.2) is 35.0 Å². The number of rotatable bonds is 7. The topological polar surface area (TPSA) is 96.2 Å². The summed E-state index contributed by atoms with van der Waals surface area (Å²) in [6.45, 7) is 1.95. The van der Waals surface area contributed by atoms with Gasteiger partial charge in [-0.25, -0.2) is 0 Å².